The van der Waals surface area contributed by atoms with Crippen LogP contribution in [0, 0.1) is 11.7 Å². The van der Waals surface area contributed by atoms with Crippen molar-refractivity contribution in [3.05, 3.63) is 24.1 Å². The number of likely N-dealkylation sites (tertiary alicyclic amines) is 1. The lowest BCUT2D eigenvalue weighted by atomic mass is 9.86. The van der Waals surface area contributed by atoms with E-state index in [1.54, 1.807) is 12.3 Å². The van der Waals surface area contributed by atoms with Gasteiger partial charge in [-0.25, -0.2) is 9.37 Å². The first-order valence-electron chi connectivity index (χ1n) is 9.42. The van der Waals surface area contributed by atoms with Gasteiger partial charge < -0.3 is 9.80 Å². The van der Waals surface area contributed by atoms with Crippen LogP contribution in [0.3, 0.4) is 0 Å². The van der Waals surface area contributed by atoms with Gasteiger partial charge in [0, 0.05) is 50.9 Å². The molecule has 1 saturated carbocycles. The Labute approximate surface area is 148 Å². The van der Waals surface area contributed by atoms with Gasteiger partial charge in [-0.05, 0) is 50.8 Å². The zero-order valence-corrected chi connectivity index (χ0v) is 15.0. The second-order valence-corrected chi connectivity index (χ2v) is 7.91. The van der Waals surface area contributed by atoms with Gasteiger partial charge in [0.2, 0.25) is 5.91 Å². The van der Waals surface area contributed by atoms with E-state index >= 15 is 0 Å². The van der Waals surface area contributed by atoms with Gasteiger partial charge in [0.15, 0.2) is 11.6 Å². The number of amides is 1. The van der Waals surface area contributed by atoms with E-state index in [9.17, 15) is 9.18 Å². The van der Waals surface area contributed by atoms with Crippen LogP contribution in [0.2, 0.25) is 0 Å². The van der Waals surface area contributed by atoms with Gasteiger partial charge in [0.25, 0.3) is 0 Å². The van der Waals surface area contributed by atoms with Crippen LogP contribution >= 0.6 is 0 Å². The summed E-state index contributed by atoms with van der Waals surface area (Å²) < 4.78 is 14.2. The summed E-state index contributed by atoms with van der Waals surface area (Å²) in [5.74, 6) is 1.20. The topological polar surface area (TPSA) is 39.7 Å². The van der Waals surface area contributed by atoms with Crippen LogP contribution in [0.5, 0.6) is 0 Å². The summed E-state index contributed by atoms with van der Waals surface area (Å²) in [5.41, 5.74) is -0.0732. The molecule has 1 aromatic heterocycles. The van der Waals surface area contributed by atoms with Gasteiger partial charge in [0.1, 0.15) is 0 Å². The number of pyridine rings is 1. The first kappa shape index (κ1) is 16.8. The fourth-order valence-corrected chi connectivity index (χ4v) is 4.29. The molecule has 0 N–H and O–H groups in total. The maximum Gasteiger partial charge on any atom is 0.222 e. The van der Waals surface area contributed by atoms with Gasteiger partial charge in [-0.15, -0.1) is 0 Å². The van der Waals surface area contributed by atoms with Crippen molar-refractivity contribution in [1.82, 2.24) is 14.8 Å². The van der Waals surface area contributed by atoms with E-state index in [0.717, 1.165) is 51.5 Å². The van der Waals surface area contributed by atoms with Crippen LogP contribution in [0.15, 0.2) is 18.3 Å². The van der Waals surface area contributed by atoms with E-state index in [-0.39, 0.29) is 11.4 Å². The normalized spacial score (nSPS) is 28.5. The Balaban J connectivity index is 1.52. The molecule has 2 saturated heterocycles. The fourth-order valence-electron chi connectivity index (χ4n) is 4.29. The van der Waals surface area contributed by atoms with Crippen LogP contribution < -0.4 is 4.90 Å². The summed E-state index contributed by atoms with van der Waals surface area (Å²) in [7, 11) is 2.15. The number of aromatic nitrogens is 1. The average molecular weight is 346 g/mol. The maximum atomic E-state index is 14.2. The summed E-state index contributed by atoms with van der Waals surface area (Å²) in [4.78, 5) is 23.3. The molecule has 3 heterocycles. The average Bonchev–Trinajstić information content (AvgIpc) is 3.44. The zero-order valence-electron chi connectivity index (χ0n) is 15.0. The number of carbonyl (C=O) groups excluding carboxylic acids is 1. The van der Waals surface area contributed by atoms with Crippen LogP contribution in [-0.4, -0.2) is 66.0 Å². The largest absolute Gasteiger partial charge is 0.351 e. The van der Waals surface area contributed by atoms with Crippen molar-refractivity contribution in [1.29, 1.82) is 0 Å². The molecule has 3 aliphatic rings. The van der Waals surface area contributed by atoms with Crippen molar-refractivity contribution in [2.24, 2.45) is 5.92 Å². The van der Waals surface area contributed by atoms with Crippen molar-refractivity contribution < 1.29 is 9.18 Å². The predicted molar refractivity (Wildman–Crippen MR) is 94.9 cm³/mol. The molecule has 1 aromatic rings. The number of halogens is 1. The van der Waals surface area contributed by atoms with E-state index in [1.807, 2.05) is 0 Å². The zero-order chi connectivity index (χ0) is 17.4. The van der Waals surface area contributed by atoms with Gasteiger partial charge in [-0.1, -0.05) is 0 Å². The molecule has 1 unspecified atom stereocenters. The molecule has 0 aromatic carbocycles. The lowest BCUT2D eigenvalue weighted by Crippen LogP contribution is -2.61. The van der Waals surface area contributed by atoms with Crippen molar-refractivity contribution >= 4 is 11.7 Å². The van der Waals surface area contributed by atoms with Gasteiger partial charge in [-0.2, -0.15) is 0 Å². The molecule has 2 aliphatic heterocycles. The third-order valence-corrected chi connectivity index (χ3v) is 6.22. The number of anilines is 1. The highest BCUT2D eigenvalue weighted by Crippen LogP contribution is 2.36. The smallest absolute Gasteiger partial charge is 0.222 e. The SMILES string of the molecule is CN1CCN(c2ncccc2F)CC12CCC(=O)N(CC1CC1)CC2. The lowest BCUT2D eigenvalue weighted by molar-refractivity contribution is -0.130. The molecule has 136 valence electrons. The minimum Gasteiger partial charge on any atom is -0.351 e. The van der Waals surface area contributed by atoms with E-state index in [4.69, 9.17) is 0 Å². The predicted octanol–water partition coefficient (Wildman–Crippen LogP) is 2.13. The molecular weight excluding hydrogens is 319 g/mol. The summed E-state index contributed by atoms with van der Waals surface area (Å²) >= 11 is 0. The lowest BCUT2D eigenvalue weighted by Gasteiger charge is -2.49. The molecule has 1 spiro atoms. The van der Waals surface area contributed by atoms with Crippen LogP contribution in [-0.2, 0) is 4.79 Å². The number of piperazine rings is 1. The van der Waals surface area contributed by atoms with Crippen molar-refractivity contribution in [2.45, 2.75) is 37.6 Å². The molecular formula is C19H27FN4O. The van der Waals surface area contributed by atoms with Gasteiger partial charge >= 0.3 is 0 Å². The minimum atomic E-state index is -0.262. The number of hydrogen-bond donors (Lipinski definition) is 0. The Bertz CT molecular complexity index is 650. The number of hydrogen-bond acceptors (Lipinski definition) is 4. The summed E-state index contributed by atoms with van der Waals surface area (Å²) in [6.45, 7) is 4.12. The Hall–Kier alpha value is -1.69. The monoisotopic (exact) mass is 346 g/mol. The molecule has 1 aliphatic carbocycles. The number of carbonyl (C=O) groups is 1. The number of rotatable bonds is 3. The van der Waals surface area contributed by atoms with Crippen molar-refractivity contribution in [3.63, 3.8) is 0 Å². The first-order valence-corrected chi connectivity index (χ1v) is 9.42. The van der Waals surface area contributed by atoms with Crippen LogP contribution in [0.1, 0.15) is 32.1 Å². The summed E-state index contributed by atoms with van der Waals surface area (Å²) in [6.07, 6.45) is 6.57. The highest BCUT2D eigenvalue weighted by atomic mass is 19.1. The van der Waals surface area contributed by atoms with Gasteiger partial charge in [0.05, 0.1) is 0 Å². The Morgan fingerprint density at radius 1 is 1.28 bits per heavy atom. The van der Waals surface area contributed by atoms with E-state index < -0.39 is 0 Å². The van der Waals surface area contributed by atoms with E-state index in [1.165, 1.54) is 18.9 Å². The van der Waals surface area contributed by atoms with Crippen molar-refractivity contribution in [3.8, 4) is 0 Å². The Morgan fingerprint density at radius 2 is 2.12 bits per heavy atom. The highest BCUT2D eigenvalue weighted by molar-refractivity contribution is 5.76. The Morgan fingerprint density at radius 3 is 2.88 bits per heavy atom. The Kier molecular flexibility index (Phi) is 4.40. The maximum absolute atomic E-state index is 14.2. The van der Waals surface area contributed by atoms with E-state index in [2.05, 4.69) is 26.7 Å². The molecule has 1 atom stereocenters. The van der Waals surface area contributed by atoms with E-state index in [0.29, 0.717) is 18.1 Å². The van der Waals surface area contributed by atoms with Crippen LogP contribution in [0.25, 0.3) is 0 Å². The van der Waals surface area contributed by atoms with Crippen LogP contribution in [0.4, 0.5) is 10.2 Å². The number of nitrogens with zero attached hydrogens (tertiary/aromatic N) is 4. The summed E-state index contributed by atoms with van der Waals surface area (Å²) in [6, 6.07) is 3.10. The minimum absolute atomic E-state index is 0.0732. The van der Waals surface area contributed by atoms with Crippen molar-refractivity contribution in [2.75, 3.05) is 44.7 Å². The molecule has 25 heavy (non-hydrogen) atoms. The molecule has 0 bridgehead atoms. The molecule has 6 heteroatoms. The molecule has 0 radical (unpaired) electrons. The molecule has 1 amide bonds. The summed E-state index contributed by atoms with van der Waals surface area (Å²) in [5, 5.41) is 0. The molecule has 3 fully saturated rings. The third kappa shape index (κ3) is 3.36. The van der Waals surface area contributed by atoms with Gasteiger partial charge in [-0.3, -0.25) is 9.69 Å². The highest BCUT2D eigenvalue weighted by Gasteiger charge is 2.43. The molecule has 4 rings (SSSR count). The standard InChI is InChI=1S/C19H27FN4O/c1-22-11-12-24(18-16(20)3-2-9-21-18)14-19(22)7-6-17(25)23(10-8-19)13-15-4-5-15/h2-3,9,15H,4-8,10-14H2,1H3. The second-order valence-electron chi connectivity index (χ2n) is 7.91. The fraction of sp³-hybridized carbons (Fsp3) is 0.684. The third-order valence-electron chi connectivity index (χ3n) is 6.22. The number of likely N-dealkylation sites (N-methyl/N-ethyl adjacent to an activating group) is 1. The first-order chi connectivity index (χ1) is 12.1. The quantitative estimate of drug-likeness (QED) is 0.841. The second kappa shape index (κ2) is 6.56. The molecule has 5 nitrogen and oxygen atoms in total.